The Morgan fingerprint density at radius 3 is 2.50 bits per heavy atom. The van der Waals surface area contributed by atoms with E-state index in [2.05, 4.69) is 26.5 Å². The highest BCUT2D eigenvalue weighted by molar-refractivity contribution is 9.10. The summed E-state index contributed by atoms with van der Waals surface area (Å²) >= 11 is 3.34. The summed E-state index contributed by atoms with van der Waals surface area (Å²) in [4.78, 5) is 24.8. The SMILES string of the molecule is COc1cc(/C=N\NC(=O)Cc2cccc3ccccc23)ccc1OC(=O)c1ccc(Br)cc1. The van der Waals surface area contributed by atoms with Gasteiger partial charge < -0.3 is 9.47 Å². The Labute approximate surface area is 205 Å². The van der Waals surface area contributed by atoms with Gasteiger partial charge in [0.15, 0.2) is 11.5 Å². The summed E-state index contributed by atoms with van der Waals surface area (Å²) in [6.07, 6.45) is 1.72. The number of nitrogens with zero attached hydrogens (tertiary/aromatic N) is 1. The highest BCUT2D eigenvalue weighted by atomic mass is 79.9. The predicted molar refractivity (Wildman–Crippen MR) is 135 cm³/mol. The smallest absolute Gasteiger partial charge is 0.343 e. The normalized spacial score (nSPS) is 10.9. The number of rotatable bonds is 7. The van der Waals surface area contributed by atoms with Crippen molar-refractivity contribution in [3.63, 3.8) is 0 Å². The summed E-state index contributed by atoms with van der Waals surface area (Å²) in [7, 11) is 1.49. The van der Waals surface area contributed by atoms with Gasteiger partial charge in [0.2, 0.25) is 5.91 Å². The van der Waals surface area contributed by atoms with E-state index in [-0.39, 0.29) is 18.1 Å². The van der Waals surface area contributed by atoms with Gasteiger partial charge >= 0.3 is 5.97 Å². The van der Waals surface area contributed by atoms with Crippen LogP contribution in [0.15, 0.2) is 94.5 Å². The van der Waals surface area contributed by atoms with E-state index in [9.17, 15) is 9.59 Å². The molecule has 4 aromatic carbocycles. The lowest BCUT2D eigenvalue weighted by Crippen LogP contribution is -2.19. The van der Waals surface area contributed by atoms with Crippen molar-refractivity contribution in [1.29, 1.82) is 0 Å². The zero-order valence-electron chi connectivity index (χ0n) is 18.3. The molecule has 0 saturated carbocycles. The fourth-order valence-electron chi connectivity index (χ4n) is 3.43. The number of hydrogen-bond donors (Lipinski definition) is 1. The van der Waals surface area contributed by atoms with Gasteiger partial charge in [0.05, 0.1) is 25.3 Å². The van der Waals surface area contributed by atoms with Crippen molar-refractivity contribution in [3.05, 3.63) is 106 Å². The van der Waals surface area contributed by atoms with E-state index in [1.54, 1.807) is 42.5 Å². The van der Waals surface area contributed by atoms with Gasteiger partial charge in [-0.15, -0.1) is 0 Å². The molecular formula is C27H21BrN2O4. The van der Waals surface area contributed by atoms with E-state index >= 15 is 0 Å². The number of nitrogens with one attached hydrogen (secondary N) is 1. The summed E-state index contributed by atoms with van der Waals surface area (Å²) in [5, 5.41) is 6.18. The fraction of sp³-hybridized carbons (Fsp3) is 0.0741. The molecule has 0 atom stereocenters. The highest BCUT2D eigenvalue weighted by Gasteiger charge is 2.13. The summed E-state index contributed by atoms with van der Waals surface area (Å²) in [5.74, 6) is -0.0587. The van der Waals surface area contributed by atoms with Crippen molar-refractivity contribution < 1.29 is 19.1 Å². The molecule has 0 spiro atoms. The molecule has 6 nitrogen and oxygen atoms in total. The van der Waals surface area contributed by atoms with E-state index in [0.717, 1.165) is 20.8 Å². The summed E-state index contributed by atoms with van der Waals surface area (Å²) in [6, 6.07) is 25.7. The first kappa shape index (κ1) is 23.2. The topological polar surface area (TPSA) is 77.0 Å². The van der Waals surface area contributed by atoms with Crippen LogP contribution in [0.25, 0.3) is 10.8 Å². The number of hydrazone groups is 1. The monoisotopic (exact) mass is 516 g/mol. The molecule has 0 saturated heterocycles. The van der Waals surface area contributed by atoms with Crippen molar-refractivity contribution in [1.82, 2.24) is 5.43 Å². The molecule has 0 aliphatic rings. The molecule has 0 radical (unpaired) electrons. The molecule has 1 N–H and O–H groups in total. The maximum absolute atomic E-state index is 12.4. The predicted octanol–water partition coefficient (Wildman–Crippen LogP) is 5.52. The van der Waals surface area contributed by atoms with Crippen LogP contribution in [0.1, 0.15) is 21.5 Å². The van der Waals surface area contributed by atoms with Crippen LogP contribution in [0.3, 0.4) is 0 Å². The average Bonchev–Trinajstić information content (AvgIpc) is 2.85. The molecular weight excluding hydrogens is 496 g/mol. The first-order chi connectivity index (χ1) is 16.5. The van der Waals surface area contributed by atoms with Gasteiger partial charge in [-0.3, -0.25) is 4.79 Å². The van der Waals surface area contributed by atoms with E-state index < -0.39 is 5.97 Å². The van der Waals surface area contributed by atoms with Gasteiger partial charge in [-0.2, -0.15) is 5.10 Å². The lowest BCUT2D eigenvalue weighted by molar-refractivity contribution is -0.120. The van der Waals surface area contributed by atoms with Crippen molar-refractivity contribution >= 4 is 44.8 Å². The minimum atomic E-state index is -0.493. The number of carbonyl (C=O) groups is 2. The van der Waals surface area contributed by atoms with Crippen LogP contribution in [-0.4, -0.2) is 25.2 Å². The molecule has 0 heterocycles. The molecule has 7 heteroatoms. The molecule has 4 aromatic rings. The number of esters is 1. The molecule has 1 amide bonds. The third-order valence-corrected chi connectivity index (χ3v) is 5.63. The van der Waals surface area contributed by atoms with Crippen molar-refractivity contribution in [2.45, 2.75) is 6.42 Å². The second kappa shape index (κ2) is 10.8. The Morgan fingerprint density at radius 2 is 1.71 bits per heavy atom. The number of halogens is 1. The molecule has 0 bridgehead atoms. The number of hydrogen-bond acceptors (Lipinski definition) is 5. The maximum Gasteiger partial charge on any atom is 0.343 e. The Morgan fingerprint density at radius 1 is 0.941 bits per heavy atom. The number of benzene rings is 4. The van der Waals surface area contributed by atoms with Crippen LogP contribution < -0.4 is 14.9 Å². The number of carbonyl (C=O) groups excluding carboxylic acids is 2. The lowest BCUT2D eigenvalue weighted by Gasteiger charge is -2.10. The van der Waals surface area contributed by atoms with Gasteiger partial charge in [0.1, 0.15) is 0 Å². The number of methoxy groups -OCH3 is 1. The molecule has 0 fully saturated rings. The molecule has 170 valence electrons. The van der Waals surface area contributed by atoms with Gasteiger partial charge in [-0.1, -0.05) is 58.4 Å². The Bertz CT molecular complexity index is 1360. The Balaban J connectivity index is 1.39. The summed E-state index contributed by atoms with van der Waals surface area (Å²) < 4.78 is 11.7. The minimum absolute atomic E-state index is 0.215. The molecule has 0 aliphatic carbocycles. The van der Waals surface area contributed by atoms with Gasteiger partial charge in [0, 0.05) is 4.47 Å². The third-order valence-electron chi connectivity index (χ3n) is 5.10. The second-order valence-electron chi connectivity index (χ2n) is 7.41. The van der Waals surface area contributed by atoms with Crippen LogP contribution >= 0.6 is 15.9 Å². The molecule has 0 aliphatic heterocycles. The molecule has 0 aromatic heterocycles. The van der Waals surface area contributed by atoms with Crippen LogP contribution in [0.5, 0.6) is 11.5 Å². The summed E-state index contributed by atoms with van der Waals surface area (Å²) in [6.45, 7) is 0. The zero-order chi connectivity index (χ0) is 23.9. The van der Waals surface area contributed by atoms with E-state index in [4.69, 9.17) is 9.47 Å². The van der Waals surface area contributed by atoms with E-state index in [0.29, 0.717) is 16.9 Å². The molecule has 0 unspecified atom stereocenters. The van der Waals surface area contributed by atoms with E-state index in [1.807, 2.05) is 42.5 Å². The van der Waals surface area contributed by atoms with Gasteiger partial charge in [-0.25, -0.2) is 10.2 Å². The second-order valence-corrected chi connectivity index (χ2v) is 8.33. The lowest BCUT2D eigenvalue weighted by atomic mass is 10.0. The minimum Gasteiger partial charge on any atom is -0.493 e. The Hall–Kier alpha value is -3.97. The number of ether oxygens (including phenoxy) is 2. The highest BCUT2D eigenvalue weighted by Crippen LogP contribution is 2.28. The average molecular weight is 517 g/mol. The Kier molecular flexibility index (Phi) is 7.34. The standard InChI is InChI=1S/C27H21BrN2O4/c1-33-25-15-18(9-14-24(25)34-27(32)20-10-12-22(28)13-11-20)17-29-30-26(31)16-21-7-4-6-19-5-2-3-8-23(19)21/h2-15,17H,16H2,1H3,(H,30,31)/b29-17-. The van der Waals surface area contributed by atoms with E-state index in [1.165, 1.54) is 13.3 Å². The van der Waals surface area contributed by atoms with Gasteiger partial charge in [-0.05, 0) is 64.4 Å². The first-order valence-corrected chi connectivity index (χ1v) is 11.3. The maximum atomic E-state index is 12.4. The zero-order valence-corrected chi connectivity index (χ0v) is 19.9. The number of fused-ring (bicyclic) bond motifs is 1. The quantitative estimate of drug-likeness (QED) is 0.152. The number of amides is 1. The largest absolute Gasteiger partial charge is 0.493 e. The summed E-state index contributed by atoms with van der Waals surface area (Å²) in [5.41, 5.74) is 4.58. The van der Waals surface area contributed by atoms with Crippen molar-refractivity contribution in [3.8, 4) is 11.5 Å². The first-order valence-electron chi connectivity index (χ1n) is 10.5. The van der Waals surface area contributed by atoms with Crippen molar-refractivity contribution in [2.24, 2.45) is 5.10 Å². The third kappa shape index (κ3) is 5.68. The fourth-order valence-corrected chi connectivity index (χ4v) is 3.70. The van der Waals surface area contributed by atoms with Crippen LogP contribution in [0.4, 0.5) is 0 Å². The van der Waals surface area contributed by atoms with Crippen LogP contribution in [-0.2, 0) is 11.2 Å². The molecule has 4 rings (SSSR count). The molecule has 34 heavy (non-hydrogen) atoms. The van der Waals surface area contributed by atoms with Crippen LogP contribution in [0, 0.1) is 0 Å². The van der Waals surface area contributed by atoms with Crippen LogP contribution in [0.2, 0.25) is 0 Å². The van der Waals surface area contributed by atoms with Gasteiger partial charge in [0.25, 0.3) is 0 Å². The van der Waals surface area contributed by atoms with Crippen molar-refractivity contribution in [2.75, 3.05) is 7.11 Å².